The van der Waals surface area contributed by atoms with Crippen molar-refractivity contribution in [3.8, 4) is 0 Å². The van der Waals surface area contributed by atoms with Gasteiger partial charge >= 0.3 is 0 Å². The Balaban J connectivity index is 1.94. The maximum absolute atomic E-state index is 12.6. The van der Waals surface area contributed by atoms with Gasteiger partial charge in [-0.1, -0.05) is 13.8 Å². The Morgan fingerprint density at radius 1 is 1.27 bits per heavy atom. The molecule has 0 amide bonds. The number of aryl methyl sites for hydroxylation is 1. The standard InChI is InChI=1S/C19H24N4O3/c1-19(2)7-4-10-22(11-8-19)15-6-5-14(13-16(15)23(25)26)17(24)18-20-9-12-21(18)3/h5-6,9,12-13H,4,7-8,10-11H2,1-3H3. The fraction of sp³-hybridized carbons (Fsp3) is 0.474. The molecular formula is C19H24N4O3. The molecule has 2 heterocycles. The van der Waals surface area contributed by atoms with Gasteiger partial charge in [-0.2, -0.15) is 0 Å². The average molecular weight is 356 g/mol. The topological polar surface area (TPSA) is 81.3 Å². The molecule has 7 heteroatoms. The highest BCUT2D eigenvalue weighted by Gasteiger charge is 2.28. The third-order valence-electron chi connectivity index (χ3n) is 5.14. The minimum atomic E-state index is -0.402. The lowest BCUT2D eigenvalue weighted by molar-refractivity contribution is -0.384. The Hall–Kier alpha value is -2.70. The first-order valence-electron chi connectivity index (χ1n) is 8.84. The first-order chi connectivity index (χ1) is 12.3. The molecule has 3 rings (SSSR count). The number of nitro benzene ring substituents is 1. The summed E-state index contributed by atoms with van der Waals surface area (Å²) in [5.41, 5.74) is 1.09. The van der Waals surface area contributed by atoms with Gasteiger partial charge in [-0.15, -0.1) is 0 Å². The average Bonchev–Trinajstić information content (AvgIpc) is 2.93. The second-order valence-corrected chi connectivity index (χ2v) is 7.66. The van der Waals surface area contributed by atoms with Crippen molar-refractivity contribution in [1.29, 1.82) is 0 Å². The van der Waals surface area contributed by atoms with E-state index in [1.165, 1.54) is 12.3 Å². The molecule has 1 aromatic heterocycles. The largest absolute Gasteiger partial charge is 0.366 e. The van der Waals surface area contributed by atoms with E-state index in [1.807, 2.05) is 0 Å². The maximum atomic E-state index is 12.6. The summed E-state index contributed by atoms with van der Waals surface area (Å²) in [5, 5.41) is 11.7. The van der Waals surface area contributed by atoms with Gasteiger partial charge in [0.1, 0.15) is 5.69 Å². The van der Waals surface area contributed by atoms with Crippen LogP contribution in [0.4, 0.5) is 11.4 Å². The molecule has 1 saturated heterocycles. The SMILES string of the molecule is Cn1ccnc1C(=O)c1ccc(N2CCCC(C)(C)CC2)c([N+](=O)[O-])c1. The Morgan fingerprint density at radius 2 is 2.04 bits per heavy atom. The van der Waals surface area contributed by atoms with Gasteiger partial charge in [-0.05, 0) is 36.8 Å². The lowest BCUT2D eigenvalue weighted by Crippen LogP contribution is -2.26. The molecule has 1 aliphatic rings. The zero-order valence-electron chi connectivity index (χ0n) is 15.4. The summed E-state index contributed by atoms with van der Waals surface area (Å²) in [6, 6.07) is 4.74. The Morgan fingerprint density at radius 3 is 2.69 bits per heavy atom. The summed E-state index contributed by atoms with van der Waals surface area (Å²) in [6.45, 7) is 6.04. The molecule has 2 aromatic rings. The van der Waals surface area contributed by atoms with Gasteiger partial charge in [-0.3, -0.25) is 14.9 Å². The molecule has 1 aromatic carbocycles. The highest BCUT2D eigenvalue weighted by Crippen LogP contribution is 2.35. The number of nitrogens with zero attached hydrogens (tertiary/aromatic N) is 4. The monoisotopic (exact) mass is 356 g/mol. The van der Waals surface area contributed by atoms with Crippen LogP contribution in [0.25, 0.3) is 0 Å². The predicted octanol–water partition coefficient (Wildman–Crippen LogP) is 3.58. The van der Waals surface area contributed by atoms with E-state index in [2.05, 4.69) is 23.7 Å². The van der Waals surface area contributed by atoms with Gasteiger partial charge < -0.3 is 9.47 Å². The zero-order chi connectivity index (χ0) is 18.9. The van der Waals surface area contributed by atoms with Crippen LogP contribution in [0.3, 0.4) is 0 Å². The summed E-state index contributed by atoms with van der Waals surface area (Å²) in [6.07, 6.45) is 6.30. The second-order valence-electron chi connectivity index (χ2n) is 7.66. The van der Waals surface area contributed by atoms with Crippen molar-refractivity contribution in [2.75, 3.05) is 18.0 Å². The van der Waals surface area contributed by atoms with Crippen LogP contribution < -0.4 is 4.90 Å². The van der Waals surface area contributed by atoms with E-state index in [4.69, 9.17) is 0 Å². The van der Waals surface area contributed by atoms with E-state index in [1.54, 1.807) is 29.9 Å². The van der Waals surface area contributed by atoms with Crippen LogP contribution in [0.1, 0.15) is 49.3 Å². The van der Waals surface area contributed by atoms with Crippen molar-refractivity contribution in [3.63, 3.8) is 0 Å². The van der Waals surface area contributed by atoms with Gasteiger partial charge in [0.2, 0.25) is 5.78 Å². The molecule has 0 atom stereocenters. The molecule has 1 fully saturated rings. The molecule has 0 bridgehead atoms. The Labute approximate surface area is 152 Å². The molecule has 0 spiro atoms. The minimum Gasteiger partial charge on any atom is -0.366 e. The molecule has 1 aliphatic heterocycles. The number of anilines is 1. The van der Waals surface area contributed by atoms with Gasteiger partial charge in [0, 0.05) is 44.2 Å². The summed E-state index contributed by atoms with van der Waals surface area (Å²) in [5.74, 6) is -0.0484. The number of hydrogen-bond donors (Lipinski definition) is 0. The van der Waals surface area contributed by atoms with Crippen molar-refractivity contribution < 1.29 is 9.72 Å². The quantitative estimate of drug-likeness (QED) is 0.475. The highest BCUT2D eigenvalue weighted by atomic mass is 16.6. The van der Waals surface area contributed by atoms with Crippen LogP contribution in [-0.2, 0) is 7.05 Å². The van der Waals surface area contributed by atoms with E-state index < -0.39 is 4.92 Å². The number of aromatic nitrogens is 2. The zero-order valence-corrected chi connectivity index (χ0v) is 15.4. The van der Waals surface area contributed by atoms with Crippen LogP contribution in [-0.4, -0.2) is 33.3 Å². The van der Waals surface area contributed by atoms with Crippen molar-refractivity contribution in [3.05, 3.63) is 52.1 Å². The normalized spacial score (nSPS) is 17.0. The maximum Gasteiger partial charge on any atom is 0.293 e. The summed E-state index contributed by atoms with van der Waals surface area (Å²) in [7, 11) is 1.72. The minimum absolute atomic E-state index is 0.0234. The fourth-order valence-corrected chi connectivity index (χ4v) is 3.46. The number of rotatable bonds is 4. The van der Waals surface area contributed by atoms with Gasteiger partial charge in [0.15, 0.2) is 5.82 Å². The van der Waals surface area contributed by atoms with Crippen molar-refractivity contribution in [2.24, 2.45) is 12.5 Å². The molecular weight excluding hydrogens is 332 g/mol. The molecule has 0 aliphatic carbocycles. The summed E-state index contributed by atoms with van der Waals surface area (Å²) < 4.78 is 1.61. The van der Waals surface area contributed by atoms with E-state index in [0.717, 1.165) is 32.4 Å². The summed E-state index contributed by atoms with van der Waals surface area (Å²) in [4.78, 5) is 30.0. The number of carbonyl (C=O) groups is 1. The molecule has 26 heavy (non-hydrogen) atoms. The number of nitro groups is 1. The number of imidazole rings is 1. The molecule has 7 nitrogen and oxygen atoms in total. The number of carbonyl (C=O) groups excluding carboxylic acids is 1. The Bertz CT molecular complexity index is 841. The first kappa shape index (κ1) is 18.1. The lowest BCUT2D eigenvalue weighted by Gasteiger charge is -2.24. The van der Waals surface area contributed by atoms with Gasteiger partial charge in [0.05, 0.1) is 4.92 Å². The number of hydrogen-bond acceptors (Lipinski definition) is 5. The van der Waals surface area contributed by atoms with Crippen LogP contribution >= 0.6 is 0 Å². The van der Waals surface area contributed by atoms with Crippen LogP contribution in [0.2, 0.25) is 0 Å². The van der Waals surface area contributed by atoms with Crippen LogP contribution in [0.5, 0.6) is 0 Å². The van der Waals surface area contributed by atoms with Crippen molar-refractivity contribution in [2.45, 2.75) is 33.1 Å². The van der Waals surface area contributed by atoms with E-state index in [0.29, 0.717) is 5.69 Å². The number of ketones is 1. The van der Waals surface area contributed by atoms with E-state index in [9.17, 15) is 14.9 Å². The van der Waals surface area contributed by atoms with Crippen LogP contribution in [0, 0.1) is 15.5 Å². The molecule has 0 N–H and O–H groups in total. The summed E-state index contributed by atoms with van der Waals surface area (Å²) >= 11 is 0. The number of benzene rings is 1. The molecule has 0 unspecified atom stereocenters. The molecule has 0 radical (unpaired) electrons. The Kier molecular flexibility index (Phi) is 4.80. The lowest BCUT2D eigenvalue weighted by atomic mass is 9.85. The van der Waals surface area contributed by atoms with Gasteiger partial charge in [-0.25, -0.2) is 4.98 Å². The third-order valence-corrected chi connectivity index (χ3v) is 5.14. The first-order valence-corrected chi connectivity index (χ1v) is 8.84. The predicted molar refractivity (Wildman–Crippen MR) is 99.6 cm³/mol. The molecule has 0 saturated carbocycles. The van der Waals surface area contributed by atoms with E-state index in [-0.39, 0.29) is 28.3 Å². The van der Waals surface area contributed by atoms with Crippen molar-refractivity contribution >= 4 is 17.2 Å². The van der Waals surface area contributed by atoms with Crippen molar-refractivity contribution in [1.82, 2.24) is 9.55 Å². The fourth-order valence-electron chi connectivity index (χ4n) is 3.46. The molecule has 138 valence electrons. The smallest absolute Gasteiger partial charge is 0.293 e. The third kappa shape index (κ3) is 3.61. The second kappa shape index (κ2) is 6.90. The van der Waals surface area contributed by atoms with Gasteiger partial charge in [0.25, 0.3) is 5.69 Å². The highest BCUT2D eigenvalue weighted by molar-refractivity contribution is 6.07. The van der Waals surface area contributed by atoms with E-state index >= 15 is 0 Å². The van der Waals surface area contributed by atoms with Crippen LogP contribution in [0.15, 0.2) is 30.6 Å².